The van der Waals surface area contributed by atoms with Crippen molar-refractivity contribution in [1.29, 1.82) is 0 Å². The second-order valence-electron chi connectivity index (χ2n) is 6.06. The van der Waals surface area contributed by atoms with Gasteiger partial charge in [0.1, 0.15) is 5.82 Å². The first kappa shape index (κ1) is 14.3. The number of nitrogens with one attached hydrogen (secondary N) is 2. The van der Waals surface area contributed by atoms with E-state index >= 15 is 0 Å². The first-order valence-electron chi connectivity index (χ1n) is 7.95. The topological polar surface area (TPSA) is 57.3 Å². The van der Waals surface area contributed by atoms with E-state index in [2.05, 4.69) is 32.7 Å². The first-order chi connectivity index (χ1) is 10.2. The molecule has 2 N–H and O–H groups in total. The van der Waals surface area contributed by atoms with E-state index in [1.54, 1.807) is 0 Å². The molecule has 1 aromatic rings. The smallest absolute Gasteiger partial charge is 0.237 e. The molecule has 0 bridgehead atoms. The third kappa shape index (κ3) is 3.53. The Morgan fingerprint density at radius 2 is 2.14 bits per heavy atom. The molecule has 1 amide bonds. The highest BCUT2D eigenvalue weighted by molar-refractivity contribution is 5.82. The van der Waals surface area contributed by atoms with Crippen LogP contribution >= 0.6 is 0 Å². The molecule has 2 aliphatic heterocycles. The summed E-state index contributed by atoms with van der Waals surface area (Å²) in [5, 5.41) is 6.45. The fourth-order valence-electron chi connectivity index (χ4n) is 3.17. The zero-order valence-electron chi connectivity index (χ0n) is 12.6. The minimum absolute atomic E-state index is 0.0291. The molecule has 0 aromatic carbocycles. The van der Waals surface area contributed by atoms with E-state index in [1.807, 2.05) is 13.0 Å². The van der Waals surface area contributed by atoms with Crippen LogP contribution in [0.25, 0.3) is 0 Å². The quantitative estimate of drug-likeness (QED) is 0.878. The summed E-state index contributed by atoms with van der Waals surface area (Å²) in [7, 11) is 0. The molecule has 5 heteroatoms. The number of piperidine rings is 1. The Morgan fingerprint density at radius 1 is 1.33 bits per heavy atom. The van der Waals surface area contributed by atoms with E-state index in [9.17, 15) is 4.79 Å². The summed E-state index contributed by atoms with van der Waals surface area (Å²) in [5.41, 5.74) is 1.05. The van der Waals surface area contributed by atoms with Crippen molar-refractivity contribution in [2.75, 3.05) is 24.5 Å². The van der Waals surface area contributed by atoms with Gasteiger partial charge in [-0.3, -0.25) is 4.79 Å². The molecule has 3 heterocycles. The highest BCUT2D eigenvalue weighted by Gasteiger charge is 2.26. The highest BCUT2D eigenvalue weighted by Crippen LogP contribution is 2.18. The average Bonchev–Trinajstić information content (AvgIpc) is 3.02. The molecule has 3 rings (SSSR count). The maximum atomic E-state index is 12.1. The predicted molar refractivity (Wildman–Crippen MR) is 83.4 cm³/mol. The van der Waals surface area contributed by atoms with Crippen LogP contribution in [-0.2, 0) is 4.79 Å². The van der Waals surface area contributed by atoms with Crippen molar-refractivity contribution in [2.24, 2.45) is 0 Å². The standard InChI is InChI=1S/C16H24N4O/c1-12-4-2-6-15(18-12)20-10-7-13(8-11-20)19-16(21)14-5-3-9-17-14/h2,4,6,13-14,17H,3,5,7-11H2,1H3,(H,19,21). The summed E-state index contributed by atoms with van der Waals surface area (Å²) in [6, 6.07) is 6.47. The molecule has 2 saturated heterocycles. The lowest BCUT2D eigenvalue weighted by molar-refractivity contribution is -0.123. The fraction of sp³-hybridized carbons (Fsp3) is 0.625. The second kappa shape index (κ2) is 6.43. The Kier molecular flexibility index (Phi) is 4.39. The lowest BCUT2D eigenvalue weighted by atomic mass is 10.0. The van der Waals surface area contributed by atoms with Gasteiger partial charge >= 0.3 is 0 Å². The van der Waals surface area contributed by atoms with Crippen LogP contribution in [0.4, 0.5) is 5.82 Å². The molecular weight excluding hydrogens is 264 g/mol. The molecule has 1 unspecified atom stereocenters. The zero-order chi connectivity index (χ0) is 14.7. The van der Waals surface area contributed by atoms with Crippen LogP contribution in [-0.4, -0.2) is 42.6 Å². The average molecular weight is 288 g/mol. The molecule has 5 nitrogen and oxygen atoms in total. The lowest BCUT2D eigenvalue weighted by Crippen LogP contribution is -2.49. The van der Waals surface area contributed by atoms with Crippen LogP contribution in [0, 0.1) is 6.92 Å². The van der Waals surface area contributed by atoms with Crippen LogP contribution in [0.1, 0.15) is 31.4 Å². The Balaban J connectivity index is 1.49. The molecule has 1 aromatic heterocycles. The number of aryl methyl sites for hydroxylation is 1. The van der Waals surface area contributed by atoms with Crippen molar-refractivity contribution in [3.05, 3.63) is 23.9 Å². The van der Waals surface area contributed by atoms with Gasteiger partial charge in [-0.15, -0.1) is 0 Å². The number of aromatic nitrogens is 1. The van der Waals surface area contributed by atoms with Crippen LogP contribution < -0.4 is 15.5 Å². The third-order valence-electron chi connectivity index (χ3n) is 4.42. The van der Waals surface area contributed by atoms with Crippen LogP contribution in [0.2, 0.25) is 0 Å². The third-order valence-corrected chi connectivity index (χ3v) is 4.42. The maximum absolute atomic E-state index is 12.1. The van der Waals surface area contributed by atoms with Crippen molar-refractivity contribution in [1.82, 2.24) is 15.6 Å². The van der Waals surface area contributed by atoms with E-state index in [0.29, 0.717) is 6.04 Å². The van der Waals surface area contributed by atoms with E-state index in [1.165, 1.54) is 0 Å². The molecule has 114 valence electrons. The van der Waals surface area contributed by atoms with Gasteiger partial charge in [-0.1, -0.05) is 6.07 Å². The molecule has 0 radical (unpaired) electrons. The van der Waals surface area contributed by atoms with Crippen LogP contribution in [0.5, 0.6) is 0 Å². The summed E-state index contributed by atoms with van der Waals surface area (Å²) in [6.07, 6.45) is 4.07. The molecule has 0 aliphatic carbocycles. The highest BCUT2D eigenvalue weighted by atomic mass is 16.2. The number of nitrogens with zero attached hydrogens (tertiary/aromatic N) is 2. The second-order valence-corrected chi connectivity index (χ2v) is 6.06. The normalized spacial score (nSPS) is 23.3. The summed E-state index contributed by atoms with van der Waals surface area (Å²) in [5.74, 6) is 1.23. The van der Waals surface area contributed by atoms with Gasteiger partial charge in [0.05, 0.1) is 6.04 Å². The van der Waals surface area contributed by atoms with E-state index in [0.717, 1.165) is 56.8 Å². The van der Waals surface area contributed by atoms with Gasteiger partial charge in [0, 0.05) is 24.8 Å². The van der Waals surface area contributed by atoms with Gasteiger partial charge in [0.2, 0.25) is 5.91 Å². The monoisotopic (exact) mass is 288 g/mol. The molecular formula is C16H24N4O. The number of anilines is 1. The minimum atomic E-state index is 0.0291. The number of hydrogen-bond donors (Lipinski definition) is 2. The van der Waals surface area contributed by atoms with Gasteiger partial charge in [-0.25, -0.2) is 4.98 Å². The van der Waals surface area contributed by atoms with Crippen molar-refractivity contribution >= 4 is 11.7 Å². The molecule has 0 spiro atoms. The summed E-state index contributed by atoms with van der Waals surface area (Å²) >= 11 is 0. The Hall–Kier alpha value is -1.62. The van der Waals surface area contributed by atoms with Crippen LogP contribution in [0.3, 0.4) is 0 Å². The van der Waals surface area contributed by atoms with Gasteiger partial charge in [-0.2, -0.15) is 0 Å². The van der Waals surface area contributed by atoms with E-state index in [4.69, 9.17) is 0 Å². The van der Waals surface area contributed by atoms with Gasteiger partial charge in [0.15, 0.2) is 0 Å². The molecule has 0 saturated carbocycles. The van der Waals surface area contributed by atoms with E-state index in [-0.39, 0.29) is 11.9 Å². The number of hydrogen-bond acceptors (Lipinski definition) is 4. The van der Waals surface area contributed by atoms with E-state index < -0.39 is 0 Å². The summed E-state index contributed by atoms with van der Waals surface area (Å²) in [6.45, 7) is 4.90. The Bertz CT molecular complexity index is 491. The largest absolute Gasteiger partial charge is 0.356 e. The minimum Gasteiger partial charge on any atom is -0.356 e. The lowest BCUT2D eigenvalue weighted by Gasteiger charge is -2.33. The van der Waals surface area contributed by atoms with Gasteiger partial charge in [0.25, 0.3) is 0 Å². The van der Waals surface area contributed by atoms with Crippen molar-refractivity contribution in [2.45, 2.75) is 44.7 Å². The fourth-order valence-corrected chi connectivity index (χ4v) is 3.17. The Labute approximate surface area is 126 Å². The molecule has 21 heavy (non-hydrogen) atoms. The number of carbonyl (C=O) groups excluding carboxylic acids is 1. The van der Waals surface area contributed by atoms with Crippen LogP contribution in [0.15, 0.2) is 18.2 Å². The van der Waals surface area contributed by atoms with Crippen molar-refractivity contribution < 1.29 is 4.79 Å². The summed E-state index contributed by atoms with van der Waals surface area (Å²) in [4.78, 5) is 19.0. The van der Waals surface area contributed by atoms with Gasteiger partial charge < -0.3 is 15.5 Å². The zero-order valence-corrected chi connectivity index (χ0v) is 12.6. The van der Waals surface area contributed by atoms with Crippen molar-refractivity contribution in [3.63, 3.8) is 0 Å². The van der Waals surface area contributed by atoms with Gasteiger partial charge in [-0.05, 0) is 51.3 Å². The first-order valence-corrected chi connectivity index (χ1v) is 7.95. The summed E-state index contributed by atoms with van der Waals surface area (Å²) < 4.78 is 0. The number of rotatable bonds is 3. The predicted octanol–water partition coefficient (Wildman–Crippen LogP) is 1.23. The number of amides is 1. The maximum Gasteiger partial charge on any atom is 0.237 e. The van der Waals surface area contributed by atoms with Crippen molar-refractivity contribution in [3.8, 4) is 0 Å². The Morgan fingerprint density at radius 3 is 2.81 bits per heavy atom. The number of carbonyl (C=O) groups is 1. The molecule has 1 atom stereocenters. The number of pyridine rings is 1. The SMILES string of the molecule is Cc1cccc(N2CCC(NC(=O)C3CCCN3)CC2)n1. The molecule has 2 aliphatic rings. The molecule has 2 fully saturated rings.